The van der Waals surface area contributed by atoms with Gasteiger partial charge in [0.05, 0.1) is 23.9 Å². The molecule has 1 aliphatic rings. The summed E-state index contributed by atoms with van der Waals surface area (Å²) in [5.74, 6) is -2.22. The van der Waals surface area contributed by atoms with Crippen molar-refractivity contribution >= 4 is 17.9 Å². The minimum atomic E-state index is -1.96. The second kappa shape index (κ2) is 10.9. The molecule has 3 aromatic rings. The van der Waals surface area contributed by atoms with Gasteiger partial charge in [-0.25, -0.2) is 23.5 Å². The minimum absolute atomic E-state index is 0.0873. The average molecular weight is 483 g/mol. The summed E-state index contributed by atoms with van der Waals surface area (Å²) in [5, 5.41) is 7.40. The monoisotopic (exact) mass is 483 g/mol. The highest BCUT2D eigenvalue weighted by molar-refractivity contribution is 5.90. The lowest BCUT2D eigenvalue weighted by molar-refractivity contribution is -0.0626. The van der Waals surface area contributed by atoms with Crippen molar-refractivity contribution in [3.63, 3.8) is 0 Å². The summed E-state index contributed by atoms with van der Waals surface area (Å²) >= 11 is 0. The van der Waals surface area contributed by atoms with Crippen molar-refractivity contribution < 1.29 is 37.7 Å². The first-order valence-electron chi connectivity index (χ1n) is 10.8. The molecular formula is C24H22FN3O7. The molecule has 1 saturated heterocycles. The Hall–Kier alpha value is -4.12. The predicted molar refractivity (Wildman–Crippen MR) is 117 cm³/mol. The molecule has 0 unspecified atom stereocenters. The van der Waals surface area contributed by atoms with E-state index in [1.807, 2.05) is 0 Å². The second-order valence-electron chi connectivity index (χ2n) is 7.49. The van der Waals surface area contributed by atoms with Gasteiger partial charge >= 0.3 is 17.9 Å². The van der Waals surface area contributed by atoms with E-state index in [-0.39, 0.29) is 23.4 Å². The Bertz CT molecular complexity index is 1170. The quantitative estimate of drug-likeness (QED) is 0.352. The van der Waals surface area contributed by atoms with Crippen LogP contribution in [0.4, 0.5) is 4.39 Å². The molecule has 0 aliphatic carbocycles. The zero-order valence-corrected chi connectivity index (χ0v) is 18.7. The number of carbonyl (C=O) groups excluding carboxylic acids is 3. The third-order valence-electron chi connectivity index (χ3n) is 5.21. The maximum atomic E-state index is 15.6. The Morgan fingerprint density at radius 1 is 0.943 bits per heavy atom. The molecule has 182 valence electrons. The van der Waals surface area contributed by atoms with Gasteiger partial charge in [-0.1, -0.05) is 41.6 Å². The van der Waals surface area contributed by atoms with Crippen LogP contribution in [-0.2, 0) is 18.9 Å². The van der Waals surface area contributed by atoms with Gasteiger partial charge in [0, 0.05) is 0 Å². The maximum absolute atomic E-state index is 15.6. The van der Waals surface area contributed by atoms with Crippen LogP contribution in [0, 0.1) is 0 Å². The summed E-state index contributed by atoms with van der Waals surface area (Å²) in [4.78, 5) is 37.3. The Kier molecular flexibility index (Phi) is 7.46. The Labute approximate surface area is 199 Å². The number of alkyl halides is 1. The molecule has 35 heavy (non-hydrogen) atoms. The number of ether oxygens (including phenoxy) is 4. The van der Waals surface area contributed by atoms with E-state index in [4.69, 9.17) is 18.9 Å². The summed E-state index contributed by atoms with van der Waals surface area (Å²) < 4.78 is 38.0. The molecule has 4 atom stereocenters. The molecular weight excluding hydrogens is 461 g/mol. The van der Waals surface area contributed by atoms with Crippen molar-refractivity contribution in [1.29, 1.82) is 0 Å². The van der Waals surface area contributed by atoms with Crippen LogP contribution < -0.4 is 0 Å². The van der Waals surface area contributed by atoms with E-state index >= 15 is 4.39 Å². The number of benzene rings is 2. The molecule has 1 fully saturated rings. The second-order valence-corrected chi connectivity index (χ2v) is 7.49. The summed E-state index contributed by atoms with van der Waals surface area (Å²) in [7, 11) is 0. The van der Waals surface area contributed by atoms with Crippen LogP contribution in [-0.4, -0.2) is 64.5 Å². The Balaban J connectivity index is 1.56. The molecule has 0 saturated carbocycles. The largest absolute Gasteiger partial charge is 0.461 e. The first-order chi connectivity index (χ1) is 17.0. The third-order valence-corrected chi connectivity index (χ3v) is 5.21. The fourth-order valence-corrected chi connectivity index (χ4v) is 3.53. The lowest BCUT2D eigenvalue weighted by atomic mass is 10.1. The van der Waals surface area contributed by atoms with Crippen molar-refractivity contribution in [3.8, 4) is 0 Å². The van der Waals surface area contributed by atoms with Gasteiger partial charge in [0.25, 0.3) is 0 Å². The smallest absolute Gasteiger partial charge is 0.358 e. The van der Waals surface area contributed by atoms with Gasteiger partial charge in [0.2, 0.25) is 0 Å². The van der Waals surface area contributed by atoms with Gasteiger partial charge < -0.3 is 18.9 Å². The predicted octanol–water partition coefficient (Wildman–Crippen LogP) is 2.77. The van der Waals surface area contributed by atoms with Crippen molar-refractivity contribution in [3.05, 3.63) is 83.7 Å². The van der Waals surface area contributed by atoms with Crippen molar-refractivity contribution in [1.82, 2.24) is 15.0 Å². The molecule has 0 radical (unpaired) electrons. The van der Waals surface area contributed by atoms with Crippen LogP contribution in [0.5, 0.6) is 0 Å². The first-order valence-corrected chi connectivity index (χ1v) is 10.8. The van der Waals surface area contributed by atoms with Crippen LogP contribution in [0.3, 0.4) is 0 Å². The van der Waals surface area contributed by atoms with E-state index in [0.717, 1.165) is 10.9 Å². The van der Waals surface area contributed by atoms with Crippen LogP contribution in [0.25, 0.3) is 0 Å². The first kappa shape index (κ1) is 24.0. The molecule has 11 heteroatoms. The van der Waals surface area contributed by atoms with Crippen LogP contribution in [0.2, 0.25) is 0 Å². The van der Waals surface area contributed by atoms with Crippen LogP contribution in [0.1, 0.15) is 44.4 Å². The molecule has 0 bridgehead atoms. The highest BCUT2D eigenvalue weighted by Gasteiger charge is 2.50. The van der Waals surface area contributed by atoms with E-state index in [1.165, 1.54) is 12.1 Å². The zero-order chi connectivity index (χ0) is 24.8. The molecule has 0 amide bonds. The Morgan fingerprint density at radius 2 is 1.57 bits per heavy atom. The van der Waals surface area contributed by atoms with Crippen LogP contribution in [0.15, 0.2) is 66.9 Å². The van der Waals surface area contributed by atoms with Crippen molar-refractivity contribution in [2.45, 2.75) is 31.5 Å². The number of aromatic nitrogens is 3. The molecule has 2 heterocycles. The maximum Gasteiger partial charge on any atom is 0.358 e. The van der Waals surface area contributed by atoms with E-state index in [0.29, 0.717) is 0 Å². The van der Waals surface area contributed by atoms with Crippen molar-refractivity contribution in [2.75, 3.05) is 13.2 Å². The highest BCUT2D eigenvalue weighted by atomic mass is 19.1. The summed E-state index contributed by atoms with van der Waals surface area (Å²) in [6.07, 6.45) is -4.98. The van der Waals surface area contributed by atoms with Gasteiger partial charge in [-0.05, 0) is 31.2 Å². The van der Waals surface area contributed by atoms with Gasteiger partial charge in [0.15, 0.2) is 24.2 Å². The number of esters is 3. The molecule has 1 aliphatic heterocycles. The lowest BCUT2D eigenvalue weighted by Gasteiger charge is -2.19. The molecule has 10 nitrogen and oxygen atoms in total. The Morgan fingerprint density at radius 3 is 2.20 bits per heavy atom. The number of carbonyl (C=O) groups is 3. The van der Waals surface area contributed by atoms with Crippen molar-refractivity contribution in [2.24, 2.45) is 0 Å². The zero-order valence-electron chi connectivity index (χ0n) is 18.7. The summed E-state index contributed by atoms with van der Waals surface area (Å²) in [5.41, 5.74) is 0.350. The molecule has 1 aromatic heterocycles. The molecule has 0 N–H and O–H groups in total. The van der Waals surface area contributed by atoms with Gasteiger partial charge in [0.1, 0.15) is 12.7 Å². The number of rotatable bonds is 8. The fourth-order valence-electron chi connectivity index (χ4n) is 3.53. The third kappa shape index (κ3) is 5.35. The number of hydrogen-bond acceptors (Lipinski definition) is 9. The molecule has 4 rings (SSSR count). The average Bonchev–Trinajstić information content (AvgIpc) is 3.49. The minimum Gasteiger partial charge on any atom is -0.461 e. The van der Waals surface area contributed by atoms with E-state index in [9.17, 15) is 14.4 Å². The summed E-state index contributed by atoms with van der Waals surface area (Å²) in [6.45, 7) is 1.29. The summed E-state index contributed by atoms with van der Waals surface area (Å²) in [6, 6.07) is 16.2. The fraction of sp³-hybridized carbons (Fsp3) is 0.292. The van der Waals surface area contributed by atoms with Gasteiger partial charge in [-0.15, -0.1) is 5.10 Å². The standard InChI is InChI=1S/C24H22FN3O7/c1-2-32-24(31)17-13-26-27-28(17)21-19(25)20(35-23(30)16-11-7-4-8-12-16)18(34-21)14-33-22(29)15-9-5-3-6-10-15/h3-13,18-21H,2,14H2,1H3/t18-,19+,20-,21-/m0/s1. The van der Waals surface area contributed by atoms with E-state index in [2.05, 4.69) is 10.3 Å². The SMILES string of the molecule is CCOC(=O)c1cnnn1[C@H]1O[C@@H](COC(=O)c2ccccc2)[C@H](OC(=O)c2ccccc2)[C@H]1F. The normalized spacial score (nSPS) is 21.3. The topological polar surface area (TPSA) is 119 Å². The van der Waals surface area contributed by atoms with Gasteiger partial charge in [-0.2, -0.15) is 0 Å². The molecule has 2 aromatic carbocycles. The van der Waals surface area contributed by atoms with E-state index in [1.54, 1.807) is 55.5 Å². The number of nitrogens with zero attached hydrogens (tertiary/aromatic N) is 3. The van der Waals surface area contributed by atoms with Gasteiger partial charge in [-0.3, -0.25) is 0 Å². The lowest BCUT2D eigenvalue weighted by Crippen LogP contribution is -2.37. The molecule has 0 spiro atoms. The number of hydrogen-bond donors (Lipinski definition) is 0. The highest BCUT2D eigenvalue weighted by Crippen LogP contribution is 2.35. The number of halogens is 1. The van der Waals surface area contributed by atoms with Crippen LogP contribution >= 0.6 is 0 Å². The van der Waals surface area contributed by atoms with E-state index < -0.39 is 49.1 Å².